The lowest BCUT2D eigenvalue weighted by Gasteiger charge is -2.07. The van der Waals surface area contributed by atoms with E-state index in [0.29, 0.717) is 11.3 Å². The second-order valence-electron chi connectivity index (χ2n) is 5.71. The molecule has 25 heavy (non-hydrogen) atoms. The van der Waals surface area contributed by atoms with Crippen LogP contribution in [0.1, 0.15) is 22.4 Å². The number of hydrogen-bond acceptors (Lipinski definition) is 6. The maximum atomic E-state index is 12.3. The maximum absolute atomic E-state index is 12.3. The van der Waals surface area contributed by atoms with Crippen LogP contribution in [0.5, 0.6) is 0 Å². The van der Waals surface area contributed by atoms with Crippen molar-refractivity contribution >= 4 is 44.9 Å². The first-order chi connectivity index (χ1) is 12.3. The Morgan fingerprint density at radius 1 is 1.32 bits per heavy atom. The molecule has 0 unspecified atom stereocenters. The molecule has 2 heterocycles. The fourth-order valence-corrected chi connectivity index (χ4v) is 5.14. The van der Waals surface area contributed by atoms with Crippen molar-refractivity contribution in [2.45, 2.75) is 24.3 Å². The van der Waals surface area contributed by atoms with Crippen LogP contribution < -0.4 is 5.32 Å². The number of aromatic nitrogens is 2. The van der Waals surface area contributed by atoms with Crippen LogP contribution in [-0.2, 0) is 17.6 Å². The van der Waals surface area contributed by atoms with E-state index in [1.165, 1.54) is 28.6 Å². The Bertz CT molecular complexity index is 1010. The van der Waals surface area contributed by atoms with E-state index in [1.807, 2.05) is 0 Å². The zero-order valence-corrected chi connectivity index (χ0v) is 14.9. The van der Waals surface area contributed by atoms with Gasteiger partial charge in [0, 0.05) is 10.3 Å². The van der Waals surface area contributed by atoms with Gasteiger partial charge in [0.05, 0.1) is 17.0 Å². The van der Waals surface area contributed by atoms with Gasteiger partial charge in [-0.1, -0.05) is 23.9 Å². The van der Waals surface area contributed by atoms with E-state index in [-0.39, 0.29) is 11.7 Å². The molecule has 0 saturated carbocycles. The summed E-state index contributed by atoms with van der Waals surface area (Å²) in [6.07, 6.45) is 4.94. The highest BCUT2D eigenvalue weighted by Crippen LogP contribution is 2.39. The Kier molecular flexibility index (Phi) is 4.38. The number of anilines is 1. The molecule has 0 saturated heterocycles. The van der Waals surface area contributed by atoms with Crippen molar-refractivity contribution in [1.29, 1.82) is 5.26 Å². The molecule has 0 spiro atoms. The first-order valence-electron chi connectivity index (χ1n) is 7.93. The molecule has 7 heteroatoms. The number of nitrogens with one attached hydrogen (secondary N) is 1. The number of carbonyl (C=O) groups is 1. The minimum Gasteiger partial charge on any atom is -0.324 e. The molecule has 1 amide bonds. The van der Waals surface area contributed by atoms with Crippen molar-refractivity contribution in [2.24, 2.45) is 0 Å². The largest absolute Gasteiger partial charge is 0.324 e. The van der Waals surface area contributed by atoms with Crippen LogP contribution in [-0.4, -0.2) is 21.6 Å². The third-order valence-corrected chi connectivity index (χ3v) is 6.32. The molecule has 4 rings (SSSR count). The number of benzene rings is 1. The third-order valence-electron chi connectivity index (χ3n) is 4.13. The SMILES string of the molecule is N#Cc1ccccc1NC(=O)CSc1ncnc2sc3c(c12)CCC3. The average molecular weight is 366 g/mol. The van der Waals surface area contributed by atoms with Gasteiger partial charge in [-0.2, -0.15) is 5.26 Å². The highest BCUT2D eigenvalue weighted by atomic mass is 32.2. The lowest BCUT2D eigenvalue weighted by atomic mass is 10.2. The van der Waals surface area contributed by atoms with Crippen LogP contribution in [0.25, 0.3) is 10.2 Å². The van der Waals surface area contributed by atoms with Gasteiger partial charge in [-0.15, -0.1) is 11.3 Å². The van der Waals surface area contributed by atoms with Gasteiger partial charge in [-0.3, -0.25) is 4.79 Å². The molecule has 0 atom stereocenters. The summed E-state index contributed by atoms with van der Waals surface area (Å²) in [6.45, 7) is 0. The molecule has 0 fully saturated rings. The Labute approximate surface area is 153 Å². The normalized spacial score (nSPS) is 12.8. The first-order valence-corrected chi connectivity index (χ1v) is 9.73. The lowest BCUT2D eigenvalue weighted by Crippen LogP contribution is -2.15. The van der Waals surface area contributed by atoms with Gasteiger partial charge < -0.3 is 5.32 Å². The van der Waals surface area contributed by atoms with Gasteiger partial charge in [0.2, 0.25) is 5.91 Å². The second-order valence-corrected chi connectivity index (χ2v) is 7.76. The molecule has 1 aliphatic carbocycles. The van der Waals surface area contributed by atoms with E-state index in [4.69, 9.17) is 5.26 Å². The molecular formula is C18H14N4OS2. The molecule has 3 aromatic rings. The Morgan fingerprint density at radius 3 is 3.08 bits per heavy atom. The van der Waals surface area contributed by atoms with Crippen LogP contribution in [0.15, 0.2) is 35.6 Å². The molecule has 0 radical (unpaired) electrons. The van der Waals surface area contributed by atoms with Crippen LogP contribution in [0.3, 0.4) is 0 Å². The monoisotopic (exact) mass is 366 g/mol. The van der Waals surface area contributed by atoms with E-state index < -0.39 is 0 Å². The summed E-state index contributed by atoms with van der Waals surface area (Å²) in [6, 6.07) is 9.07. The highest BCUT2D eigenvalue weighted by Gasteiger charge is 2.21. The summed E-state index contributed by atoms with van der Waals surface area (Å²) in [5.41, 5.74) is 2.36. The molecular weight excluding hydrogens is 352 g/mol. The number of thioether (sulfide) groups is 1. The Hall–Kier alpha value is -2.43. The standard InChI is InChI=1S/C18H14N4OS2/c19-8-11-4-1-2-6-13(11)22-15(23)9-24-17-16-12-5-3-7-14(12)25-18(16)21-10-20-17/h1-2,4,6,10H,3,5,7,9H2,(H,22,23). The van der Waals surface area contributed by atoms with Crippen LogP contribution in [0.2, 0.25) is 0 Å². The van der Waals surface area contributed by atoms with Crippen molar-refractivity contribution in [1.82, 2.24) is 9.97 Å². The molecule has 2 aromatic heterocycles. The zero-order chi connectivity index (χ0) is 17.2. The fraction of sp³-hybridized carbons (Fsp3) is 0.222. The van der Waals surface area contributed by atoms with Gasteiger partial charge in [-0.05, 0) is 37.0 Å². The van der Waals surface area contributed by atoms with Crippen molar-refractivity contribution < 1.29 is 4.79 Å². The molecule has 1 aromatic carbocycles. The quantitative estimate of drug-likeness (QED) is 0.561. The Balaban J connectivity index is 1.51. The molecule has 124 valence electrons. The average Bonchev–Trinajstić information content (AvgIpc) is 3.21. The van der Waals surface area contributed by atoms with Gasteiger partial charge in [0.15, 0.2) is 0 Å². The number of amides is 1. The molecule has 1 N–H and O–H groups in total. The van der Waals surface area contributed by atoms with E-state index in [0.717, 1.165) is 28.1 Å². The van der Waals surface area contributed by atoms with Gasteiger partial charge in [0.25, 0.3) is 0 Å². The van der Waals surface area contributed by atoms with E-state index in [1.54, 1.807) is 41.9 Å². The van der Waals surface area contributed by atoms with E-state index >= 15 is 0 Å². The van der Waals surface area contributed by atoms with Crippen LogP contribution in [0.4, 0.5) is 5.69 Å². The maximum Gasteiger partial charge on any atom is 0.234 e. The van der Waals surface area contributed by atoms with Gasteiger partial charge in [-0.25, -0.2) is 9.97 Å². The van der Waals surface area contributed by atoms with Crippen LogP contribution in [0, 0.1) is 11.3 Å². The summed E-state index contributed by atoms with van der Waals surface area (Å²) < 4.78 is 0. The van der Waals surface area contributed by atoms with Gasteiger partial charge in [0.1, 0.15) is 22.3 Å². The number of fused-ring (bicyclic) bond motifs is 3. The molecule has 0 bridgehead atoms. The number of nitriles is 1. The minimum absolute atomic E-state index is 0.147. The number of carbonyl (C=O) groups excluding carboxylic acids is 1. The van der Waals surface area contributed by atoms with Crippen molar-refractivity contribution in [3.63, 3.8) is 0 Å². The first kappa shape index (κ1) is 16.1. The summed E-state index contributed by atoms with van der Waals surface area (Å²) in [5.74, 6) is 0.0996. The third kappa shape index (κ3) is 3.11. The molecule has 1 aliphatic rings. The summed E-state index contributed by atoms with van der Waals surface area (Å²) >= 11 is 3.16. The summed E-state index contributed by atoms with van der Waals surface area (Å²) in [4.78, 5) is 23.5. The van der Waals surface area contributed by atoms with Crippen molar-refractivity contribution in [3.05, 3.63) is 46.6 Å². The predicted molar refractivity (Wildman–Crippen MR) is 100.0 cm³/mol. The van der Waals surface area contributed by atoms with E-state index in [9.17, 15) is 4.79 Å². The number of hydrogen-bond donors (Lipinski definition) is 1. The Morgan fingerprint density at radius 2 is 2.20 bits per heavy atom. The zero-order valence-electron chi connectivity index (χ0n) is 13.3. The number of aryl methyl sites for hydroxylation is 2. The van der Waals surface area contributed by atoms with Crippen molar-refractivity contribution in [3.8, 4) is 6.07 Å². The number of rotatable bonds is 4. The lowest BCUT2D eigenvalue weighted by molar-refractivity contribution is -0.113. The topological polar surface area (TPSA) is 78.7 Å². The molecule has 5 nitrogen and oxygen atoms in total. The van der Waals surface area contributed by atoms with Gasteiger partial charge >= 0.3 is 0 Å². The fourth-order valence-electron chi connectivity index (χ4n) is 3.02. The minimum atomic E-state index is -0.147. The summed E-state index contributed by atoms with van der Waals surface area (Å²) in [5, 5.41) is 13.9. The smallest absolute Gasteiger partial charge is 0.234 e. The number of para-hydroxylation sites is 1. The van der Waals surface area contributed by atoms with Crippen LogP contribution >= 0.6 is 23.1 Å². The predicted octanol–water partition coefficient (Wildman–Crippen LogP) is 3.78. The second kappa shape index (κ2) is 6.82. The highest BCUT2D eigenvalue weighted by molar-refractivity contribution is 8.00. The molecule has 0 aliphatic heterocycles. The van der Waals surface area contributed by atoms with E-state index in [2.05, 4.69) is 21.4 Å². The summed E-state index contributed by atoms with van der Waals surface area (Å²) in [7, 11) is 0. The number of nitrogens with zero attached hydrogens (tertiary/aromatic N) is 3. The number of thiophene rings is 1. The van der Waals surface area contributed by atoms with Crippen molar-refractivity contribution in [2.75, 3.05) is 11.1 Å².